The Balaban J connectivity index is 1.72. The highest BCUT2D eigenvalue weighted by Crippen LogP contribution is 2.41. The van der Waals surface area contributed by atoms with Crippen molar-refractivity contribution >= 4 is 10.9 Å². The van der Waals surface area contributed by atoms with Crippen molar-refractivity contribution in [1.29, 1.82) is 0 Å². The Bertz CT molecular complexity index is 986. The zero-order valence-electron chi connectivity index (χ0n) is 16.0. The van der Waals surface area contributed by atoms with Gasteiger partial charge in [0, 0.05) is 49.5 Å². The van der Waals surface area contributed by atoms with Crippen molar-refractivity contribution in [3.8, 4) is 0 Å². The second-order valence-corrected chi connectivity index (χ2v) is 8.61. The molecule has 2 aliphatic heterocycles. The first-order valence-electron chi connectivity index (χ1n) is 9.78. The number of hydrogen-bond donors (Lipinski definition) is 0. The molecule has 3 heteroatoms. The van der Waals surface area contributed by atoms with Gasteiger partial charge in [0.2, 0.25) is 0 Å². The van der Waals surface area contributed by atoms with E-state index in [2.05, 4.69) is 59.6 Å². The van der Waals surface area contributed by atoms with Crippen molar-refractivity contribution in [2.75, 3.05) is 13.6 Å². The SMILES string of the molecule is Cc1cc2c3c(c1)c1c(n3CCC(C)(c3ccncc3)C2)CCN(C)C1. The second kappa shape index (κ2) is 5.68. The molecule has 0 N–H and O–H groups in total. The van der Waals surface area contributed by atoms with Crippen molar-refractivity contribution in [1.82, 2.24) is 14.5 Å². The molecule has 1 atom stereocenters. The molecule has 2 aromatic heterocycles. The van der Waals surface area contributed by atoms with Gasteiger partial charge in [-0.15, -0.1) is 0 Å². The average Bonchev–Trinajstić information content (AvgIpc) is 2.84. The van der Waals surface area contributed by atoms with Gasteiger partial charge in [-0.2, -0.15) is 0 Å². The summed E-state index contributed by atoms with van der Waals surface area (Å²) in [5, 5.41) is 1.50. The number of pyridine rings is 1. The molecule has 0 saturated carbocycles. The molecule has 2 aliphatic rings. The first-order chi connectivity index (χ1) is 12.5. The number of fused-ring (bicyclic) bond motifs is 3. The van der Waals surface area contributed by atoms with Crippen LogP contribution in [-0.2, 0) is 31.3 Å². The summed E-state index contributed by atoms with van der Waals surface area (Å²) in [6, 6.07) is 9.26. The molecule has 0 bridgehead atoms. The third-order valence-electron chi connectivity index (χ3n) is 6.61. The normalized spacial score (nSPS) is 23.0. The highest BCUT2D eigenvalue weighted by atomic mass is 15.1. The van der Waals surface area contributed by atoms with Crippen LogP contribution >= 0.6 is 0 Å². The molecule has 4 heterocycles. The maximum Gasteiger partial charge on any atom is 0.0518 e. The topological polar surface area (TPSA) is 21.1 Å². The molecule has 3 nitrogen and oxygen atoms in total. The lowest BCUT2D eigenvalue weighted by atomic mass is 9.75. The Hall–Kier alpha value is -2.13. The van der Waals surface area contributed by atoms with Crippen LogP contribution in [0.1, 0.15) is 41.3 Å². The minimum absolute atomic E-state index is 0.168. The zero-order valence-corrected chi connectivity index (χ0v) is 16.0. The summed E-state index contributed by atoms with van der Waals surface area (Å²) in [5.74, 6) is 0. The van der Waals surface area contributed by atoms with E-state index in [1.807, 2.05) is 12.4 Å². The minimum atomic E-state index is 0.168. The van der Waals surface area contributed by atoms with Crippen LogP contribution in [0.15, 0.2) is 36.7 Å². The van der Waals surface area contributed by atoms with Crippen LogP contribution in [0.25, 0.3) is 10.9 Å². The van der Waals surface area contributed by atoms with Crippen LogP contribution in [0, 0.1) is 6.92 Å². The predicted molar refractivity (Wildman–Crippen MR) is 107 cm³/mol. The Morgan fingerprint density at radius 2 is 1.92 bits per heavy atom. The third kappa shape index (κ3) is 2.34. The number of hydrogen-bond acceptors (Lipinski definition) is 2. The summed E-state index contributed by atoms with van der Waals surface area (Å²) in [6.07, 6.45) is 7.33. The van der Waals surface area contributed by atoms with Crippen LogP contribution in [0.3, 0.4) is 0 Å². The van der Waals surface area contributed by atoms with Crippen LogP contribution in [0.5, 0.6) is 0 Å². The van der Waals surface area contributed by atoms with Gasteiger partial charge >= 0.3 is 0 Å². The van der Waals surface area contributed by atoms with Gasteiger partial charge in [-0.3, -0.25) is 4.98 Å². The Labute approximate surface area is 155 Å². The summed E-state index contributed by atoms with van der Waals surface area (Å²) >= 11 is 0. The van der Waals surface area contributed by atoms with E-state index in [9.17, 15) is 0 Å². The Morgan fingerprint density at radius 1 is 1.12 bits per heavy atom. The number of nitrogens with zero attached hydrogens (tertiary/aromatic N) is 3. The summed E-state index contributed by atoms with van der Waals surface area (Å²) in [4.78, 5) is 6.69. The lowest BCUT2D eigenvalue weighted by molar-refractivity contribution is 0.307. The molecule has 0 aliphatic carbocycles. The predicted octanol–water partition coefficient (Wildman–Crippen LogP) is 4.24. The van der Waals surface area contributed by atoms with Crippen LogP contribution < -0.4 is 0 Å². The molecule has 5 rings (SSSR count). The van der Waals surface area contributed by atoms with E-state index in [1.165, 1.54) is 47.0 Å². The number of rotatable bonds is 1. The van der Waals surface area contributed by atoms with E-state index in [0.29, 0.717) is 0 Å². The number of aromatic nitrogens is 2. The molecule has 0 spiro atoms. The third-order valence-corrected chi connectivity index (χ3v) is 6.61. The standard InChI is InChI=1S/C23H27N3/c1-16-12-17-14-23(2,18-4-8-24-9-5-18)7-11-26-21-6-10-25(3)15-20(21)19(13-16)22(17)26/h4-5,8-9,12-13H,6-7,10-11,14-15H2,1-3H3. The fourth-order valence-electron chi connectivity index (χ4n) is 5.21. The van der Waals surface area contributed by atoms with Crippen LogP contribution in [-0.4, -0.2) is 28.0 Å². The Morgan fingerprint density at radius 3 is 2.73 bits per heavy atom. The maximum atomic E-state index is 4.23. The lowest BCUT2D eigenvalue weighted by Crippen LogP contribution is -2.28. The smallest absolute Gasteiger partial charge is 0.0518 e. The first-order valence-corrected chi connectivity index (χ1v) is 9.78. The molecule has 3 aromatic rings. The molecular formula is C23H27N3. The quantitative estimate of drug-likeness (QED) is 0.658. The minimum Gasteiger partial charge on any atom is -0.344 e. The number of benzene rings is 1. The van der Waals surface area contributed by atoms with Crippen molar-refractivity contribution in [2.45, 2.75) is 51.6 Å². The second-order valence-electron chi connectivity index (χ2n) is 8.61. The van der Waals surface area contributed by atoms with Gasteiger partial charge in [0.15, 0.2) is 0 Å². The monoisotopic (exact) mass is 345 g/mol. The molecule has 1 unspecified atom stereocenters. The summed E-state index contributed by atoms with van der Waals surface area (Å²) in [7, 11) is 2.25. The molecular weight excluding hydrogens is 318 g/mol. The largest absolute Gasteiger partial charge is 0.344 e. The number of likely N-dealkylation sites (N-methyl/N-ethyl adjacent to an activating group) is 1. The lowest BCUT2D eigenvalue weighted by Gasteiger charge is -2.30. The highest BCUT2D eigenvalue weighted by molar-refractivity contribution is 5.89. The van der Waals surface area contributed by atoms with E-state index in [-0.39, 0.29) is 5.41 Å². The van der Waals surface area contributed by atoms with Crippen molar-refractivity contribution < 1.29 is 0 Å². The van der Waals surface area contributed by atoms with E-state index in [0.717, 1.165) is 19.5 Å². The molecule has 0 radical (unpaired) electrons. The van der Waals surface area contributed by atoms with Crippen molar-refractivity contribution in [3.05, 3.63) is 64.6 Å². The maximum absolute atomic E-state index is 4.23. The average molecular weight is 345 g/mol. The van der Waals surface area contributed by atoms with Gasteiger partial charge in [-0.1, -0.05) is 18.6 Å². The van der Waals surface area contributed by atoms with E-state index < -0.39 is 0 Å². The van der Waals surface area contributed by atoms with Crippen molar-refractivity contribution in [3.63, 3.8) is 0 Å². The molecule has 134 valence electrons. The van der Waals surface area contributed by atoms with E-state index in [4.69, 9.17) is 0 Å². The molecule has 26 heavy (non-hydrogen) atoms. The van der Waals surface area contributed by atoms with Gasteiger partial charge in [-0.05, 0) is 67.1 Å². The number of aryl methyl sites for hydroxylation is 2. The highest BCUT2D eigenvalue weighted by Gasteiger charge is 2.33. The summed E-state index contributed by atoms with van der Waals surface area (Å²) < 4.78 is 2.67. The van der Waals surface area contributed by atoms with Gasteiger partial charge in [-0.25, -0.2) is 0 Å². The van der Waals surface area contributed by atoms with Crippen LogP contribution in [0.4, 0.5) is 0 Å². The van der Waals surface area contributed by atoms with Crippen molar-refractivity contribution in [2.24, 2.45) is 0 Å². The van der Waals surface area contributed by atoms with Crippen LogP contribution in [0.2, 0.25) is 0 Å². The molecule has 1 aromatic carbocycles. The first kappa shape index (κ1) is 16.1. The van der Waals surface area contributed by atoms with E-state index in [1.54, 1.807) is 11.3 Å². The van der Waals surface area contributed by atoms with Gasteiger partial charge in [0.05, 0.1) is 5.52 Å². The van der Waals surface area contributed by atoms with Gasteiger partial charge < -0.3 is 9.47 Å². The van der Waals surface area contributed by atoms with Gasteiger partial charge in [0.25, 0.3) is 0 Å². The Kier molecular flexibility index (Phi) is 3.51. The van der Waals surface area contributed by atoms with E-state index >= 15 is 0 Å². The summed E-state index contributed by atoms with van der Waals surface area (Å²) in [5.41, 5.74) is 9.17. The molecule has 0 saturated heterocycles. The fraction of sp³-hybridized carbons (Fsp3) is 0.435. The molecule has 0 amide bonds. The summed E-state index contributed by atoms with van der Waals surface area (Å²) in [6.45, 7) is 8.05. The molecule has 0 fully saturated rings. The fourth-order valence-corrected chi connectivity index (χ4v) is 5.21. The zero-order chi connectivity index (χ0) is 17.9. The van der Waals surface area contributed by atoms with Gasteiger partial charge in [0.1, 0.15) is 0 Å².